The molecule has 0 saturated heterocycles. The Morgan fingerprint density at radius 3 is 2.38 bits per heavy atom. The van der Waals surface area contributed by atoms with Gasteiger partial charge in [0.15, 0.2) is 23.1 Å². The third kappa shape index (κ3) is 2.14. The van der Waals surface area contributed by atoms with Crippen LogP contribution in [-0.2, 0) is 11.8 Å². The number of ether oxygens (including phenoxy) is 2. The third-order valence-electron chi connectivity index (χ3n) is 4.21. The van der Waals surface area contributed by atoms with E-state index < -0.39 is 11.6 Å². The molecular weight excluding hydrogens is 313 g/mol. The number of hydrogen-bond donors (Lipinski definition) is 0. The van der Waals surface area contributed by atoms with Gasteiger partial charge in [-0.3, -0.25) is 9.59 Å². The summed E-state index contributed by atoms with van der Waals surface area (Å²) in [4.78, 5) is 25.3. The van der Waals surface area contributed by atoms with Crippen molar-refractivity contribution in [2.45, 2.75) is 13.8 Å². The van der Waals surface area contributed by atoms with E-state index in [0.29, 0.717) is 5.69 Å². The van der Waals surface area contributed by atoms with Crippen LogP contribution >= 0.6 is 0 Å². The molecule has 1 aromatic heterocycles. The molecule has 0 amide bonds. The molecule has 6 heteroatoms. The standard InChI is InChI=1S/C18H16FNO4/c1-9-15(21)14-13(16(22)17(9)23-4)18(10(2)20(14)3)24-12-8-6-5-7-11(12)19/h5-8H,1-4H3. The lowest BCUT2D eigenvalue weighted by atomic mass is 9.93. The number of methoxy groups -OCH3 is 1. The molecule has 1 aliphatic rings. The first-order valence-electron chi connectivity index (χ1n) is 7.34. The van der Waals surface area contributed by atoms with Gasteiger partial charge in [0.05, 0.1) is 18.4 Å². The third-order valence-corrected chi connectivity index (χ3v) is 4.21. The lowest BCUT2D eigenvalue weighted by Crippen LogP contribution is -2.23. The van der Waals surface area contributed by atoms with Crippen molar-refractivity contribution in [2.75, 3.05) is 7.11 Å². The highest BCUT2D eigenvalue weighted by Crippen LogP contribution is 2.39. The Morgan fingerprint density at radius 2 is 1.75 bits per heavy atom. The second-order valence-electron chi connectivity index (χ2n) is 5.55. The number of halogens is 1. The molecule has 0 radical (unpaired) electrons. The number of aromatic nitrogens is 1. The highest BCUT2D eigenvalue weighted by molar-refractivity contribution is 6.26. The summed E-state index contributed by atoms with van der Waals surface area (Å²) in [6, 6.07) is 5.89. The van der Waals surface area contributed by atoms with Crippen molar-refractivity contribution in [3.8, 4) is 11.5 Å². The normalized spacial score (nSPS) is 14.0. The van der Waals surface area contributed by atoms with Crippen molar-refractivity contribution in [3.05, 3.63) is 58.4 Å². The van der Waals surface area contributed by atoms with Crippen LogP contribution in [0.25, 0.3) is 0 Å². The van der Waals surface area contributed by atoms with E-state index in [2.05, 4.69) is 0 Å². The summed E-state index contributed by atoms with van der Waals surface area (Å²) >= 11 is 0. The van der Waals surface area contributed by atoms with E-state index in [9.17, 15) is 14.0 Å². The number of rotatable bonds is 3. The average Bonchev–Trinajstić information content (AvgIpc) is 2.81. The topological polar surface area (TPSA) is 57.5 Å². The molecule has 124 valence electrons. The van der Waals surface area contributed by atoms with E-state index >= 15 is 0 Å². The van der Waals surface area contributed by atoms with Gasteiger partial charge in [-0.25, -0.2) is 4.39 Å². The number of ketones is 2. The van der Waals surface area contributed by atoms with E-state index in [1.807, 2.05) is 0 Å². The largest absolute Gasteiger partial charge is 0.492 e. The van der Waals surface area contributed by atoms with Crippen LogP contribution in [-0.4, -0.2) is 23.2 Å². The molecule has 0 bridgehead atoms. The van der Waals surface area contributed by atoms with Crippen LogP contribution in [0.2, 0.25) is 0 Å². The zero-order valence-corrected chi connectivity index (χ0v) is 13.8. The van der Waals surface area contributed by atoms with E-state index in [1.54, 1.807) is 37.6 Å². The van der Waals surface area contributed by atoms with Gasteiger partial charge in [0.1, 0.15) is 5.69 Å². The minimum Gasteiger partial charge on any atom is -0.492 e. The van der Waals surface area contributed by atoms with Crippen molar-refractivity contribution in [1.82, 2.24) is 4.57 Å². The molecule has 0 spiro atoms. The minimum atomic E-state index is -0.553. The maximum absolute atomic E-state index is 13.9. The number of carbonyl (C=O) groups is 2. The van der Waals surface area contributed by atoms with Gasteiger partial charge in [-0.05, 0) is 26.0 Å². The van der Waals surface area contributed by atoms with Crippen molar-refractivity contribution in [3.63, 3.8) is 0 Å². The number of carbonyl (C=O) groups excluding carboxylic acids is 2. The Hall–Kier alpha value is -2.89. The van der Waals surface area contributed by atoms with Crippen LogP contribution in [0.5, 0.6) is 11.5 Å². The number of benzene rings is 1. The predicted molar refractivity (Wildman–Crippen MR) is 85.0 cm³/mol. The minimum absolute atomic E-state index is 0.0144. The smallest absolute Gasteiger partial charge is 0.234 e. The number of hydrogen-bond acceptors (Lipinski definition) is 4. The zero-order chi connectivity index (χ0) is 17.6. The number of allylic oxidation sites excluding steroid dienone is 2. The van der Waals surface area contributed by atoms with Crippen LogP contribution in [0.15, 0.2) is 35.6 Å². The van der Waals surface area contributed by atoms with Gasteiger partial charge in [-0.2, -0.15) is 0 Å². The summed E-state index contributed by atoms with van der Waals surface area (Å²) in [6.07, 6.45) is 0. The Bertz CT molecular complexity index is 908. The van der Waals surface area contributed by atoms with E-state index in [0.717, 1.165) is 0 Å². The molecule has 24 heavy (non-hydrogen) atoms. The van der Waals surface area contributed by atoms with E-state index in [4.69, 9.17) is 9.47 Å². The van der Waals surface area contributed by atoms with Gasteiger partial charge in [0.25, 0.3) is 0 Å². The first kappa shape index (κ1) is 16.0. The van der Waals surface area contributed by atoms with Gasteiger partial charge in [0, 0.05) is 12.6 Å². The molecule has 1 heterocycles. The molecule has 1 aromatic carbocycles. The SMILES string of the molecule is COC1=C(C)C(=O)c2c(c(Oc3ccccc3F)c(C)n2C)C1=O. The molecule has 0 aliphatic heterocycles. The zero-order valence-electron chi connectivity index (χ0n) is 13.8. The molecule has 1 aliphatic carbocycles. The second kappa shape index (κ2) is 5.63. The monoisotopic (exact) mass is 329 g/mol. The summed E-state index contributed by atoms with van der Waals surface area (Å²) in [5, 5.41) is 0. The molecule has 2 aromatic rings. The first-order chi connectivity index (χ1) is 11.4. The molecular formula is C18H16FNO4. The van der Waals surface area contributed by atoms with Gasteiger partial charge >= 0.3 is 0 Å². The molecule has 0 N–H and O–H groups in total. The number of Topliss-reactive ketones (excluding diaryl/α,β-unsaturated/α-hetero) is 2. The van der Waals surface area contributed by atoms with Crippen LogP contribution in [0.3, 0.4) is 0 Å². The van der Waals surface area contributed by atoms with Crippen molar-refractivity contribution < 1.29 is 23.5 Å². The summed E-state index contributed by atoms with van der Waals surface area (Å²) < 4.78 is 26.2. The Kier molecular flexibility index (Phi) is 3.75. The fourth-order valence-electron chi connectivity index (χ4n) is 2.83. The second-order valence-corrected chi connectivity index (χ2v) is 5.55. The molecule has 3 rings (SSSR count). The first-order valence-corrected chi connectivity index (χ1v) is 7.34. The lowest BCUT2D eigenvalue weighted by Gasteiger charge is -2.17. The summed E-state index contributed by atoms with van der Waals surface area (Å²) in [6.45, 7) is 3.25. The van der Waals surface area contributed by atoms with Crippen LogP contribution in [0, 0.1) is 12.7 Å². The molecule has 0 atom stereocenters. The Morgan fingerprint density at radius 1 is 1.08 bits per heavy atom. The highest BCUT2D eigenvalue weighted by Gasteiger charge is 2.38. The van der Waals surface area contributed by atoms with E-state index in [1.165, 1.54) is 19.2 Å². The van der Waals surface area contributed by atoms with Gasteiger partial charge in [0.2, 0.25) is 11.6 Å². The number of para-hydroxylation sites is 1. The lowest BCUT2D eigenvalue weighted by molar-refractivity contribution is 0.0901. The summed E-state index contributed by atoms with van der Waals surface area (Å²) in [5.74, 6) is -1.17. The molecule has 0 unspecified atom stereocenters. The fourth-order valence-corrected chi connectivity index (χ4v) is 2.83. The predicted octanol–water partition coefficient (Wildman–Crippen LogP) is 3.56. The summed E-state index contributed by atoms with van der Waals surface area (Å²) in [7, 11) is 3.00. The van der Waals surface area contributed by atoms with Crippen molar-refractivity contribution >= 4 is 11.6 Å². The molecule has 0 saturated carbocycles. The number of nitrogens with zero attached hydrogens (tertiary/aromatic N) is 1. The van der Waals surface area contributed by atoms with Gasteiger partial charge < -0.3 is 14.0 Å². The maximum atomic E-state index is 13.9. The van der Waals surface area contributed by atoms with Gasteiger partial charge in [-0.1, -0.05) is 12.1 Å². The molecule has 5 nitrogen and oxygen atoms in total. The quantitative estimate of drug-likeness (QED) is 0.864. The van der Waals surface area contributed by atoms with E-state index in [-0.39, 0.29) is 39.9 Å². The van der Waals surface area contributed by atoms with Crippen molar-refractivity contribution in [2.24, 2.45) is 7.05 Å². The van der Waals surface area contributed by atoms with Gasteiger partial charge in [-0.15, -0.1) is 0 Å². The van der Waals surface area contributed by atoms with Crippen LogP contribution < -0.4 is 4.74 Å². The fraction of sp³-hybridized carbons (Fsp3) is 0.222. The Balaban J connectivity index is 2.21. The Labute approximate surface area is 138 Å². The van der Waals surface area contributed by atoms with Crippen molar-refractivity contribution in [1.29, 1.82) is 0 Å². The highest BCUT2D eigenvalue weighted by atomic mass is 19.1. The maximum Gasteiger partial charge on any atom is 0.234 e. The molecule has 0 fully saturated rings. The summed E-state index contributed by atoms with van der Waals surface area (Å²) in [5.41, 5.74) is 1.12. The average molecular weight is 329 g/mol. The van der Waals surface area contributed by atoms with Crippen LogP contribution in [0.4, 0.5) is 4.39 Å². The van der Waals surface area contributed by atoms with Crippen LogP contribution in [0.1, 0.15) is 33.5 Å². The number of fused-ring (bicyclic) bond motifs is 1.